The highest BCUT2D eigenvalue weighted by Crippen LogP contribution is 2.22. The van der Waals surface area contributed by atoms with Crippen molar-refractivity contribution < 1.29 is 22.9 Å². The van der Waals surface area contributed by atoms with Crippen molar-refractivity contribution in [2.24, 2.45) is 0 Å². The molecule has 0 radical (unpaired) electrons. The summed E-state index contributed by atoms with van der Waals surface area (Å²) in [6.45, 7) is 0.887. The molecule has 0 aromatic heterocycles. The summed E-state index contributed by atoms with van der Waals surface area (Å²) in [4.78, 5) is 22.5. The number of para-hydroxylation sites is 2. The minimum Gasteiger partial charge on any atom is -0.459 e. The van der Waals surface area contributed by atoms with E-state index in [-0.39, 0.29) is 17.9 Å². The normalized spacial score (nSPS) is 11.0. The molecule has 0 aliphatic rings. The number of esters is 1. The molecule has 0 N–H and O–H groups in total. The van der Waals surface area contributed by atoms with E-state index in [0.717, 1.165) is 10.6 Å². The number of anilines is 1. The lowest BCUT2D eigenvalue weighted by Gasteiger charge is -2.23. The first-order chi connectivity index (χ1) is 12.2. The van der Waals surface area contributed by atoms with Crippen LogP contribution < -0.4 is 4.31 Å². The van der Waals surface area contributed by atoms with Gasteiger partial charge >= 0.3 is 5.97 Å². The van der Waals surface area contributed by atoms with Crippen molar-refractivity contribution in [3.8, 4) is 0 Å². The van der Waals surface area contributed by atoms with Crippen molar-refractivity contribution in [2.75, 3.05) is 17.1 Å². The average Bonchev–Trinajstić information content (AvgIpc) is 2.58. The van der Waals surface area contributed by atoms with Crippen molar-refractivity contribution in [1.82, 2.24) is 0 Å². The first-order valence-electron chi connectivity index (χ1n) is 7.61. The van der Waals surface area contributed by atoms with Gasteiger partial charge in [-0.3, -0.25) is 19.2 Å². The van der Waals surface area contributed by atoms with E-state index in [1.54, 1.807) is 37.3 Å². The van der Waals surface area contributed by atoms with Gasteiger partial charge in [-0.05, 0) is 24.6 Å². The van der Waals surface area contributed by atoms with Crippen molar-refractivity contribution in [1.29, 1.82) is 0 Å². The van der Waals surface area contributed by atoms with Crippen molar-refractivity contribution >= 4 is 27.4 Å². The minimum absolute atomic E-state index is 0.167. The Morgan fingerprint density at radius 1 is 1.15 bits per heavy atom. The zero-order chi connectivity index (χ0) is 19.3. The van der Waals surface area contributed by atoms with E-state index >= 15 is 0 Å². The number of aryl methyl sites for hydroxylation is 1. The largest absolute Gasteiger partial charge is 0.459 e. The third kappa shape index (κ3) is 4.79. The molecule has 0 heterocycles. The molecule has 0 aliphatic carbocycles. The molecule has 8 nitrogen and oxygen atoms in total. The van der Waals surface area contributed by atoms with Crippen LogP contribution in [0.3, 0.4) is 0 Å². The van der Waals surface area contributed by atoms with E-state index in [2.05, 4.69) is 0 Å². The van der Waals surface area contributed by atoms with Gasteiger partial charge in [0.25, 0.3) is 5.69 Å². The zero-order valence-corrected chi connectivity index (χ0v) is 15.1. The van der Waals surface area contributed by atoms with Crippen LogP contribution in [0.15, 0.2) is 48.5 Å². The summed E-state index contributed by atoms with van der Waals surface area (Å²) in [7, 11) is -3.72. The van der Waals surface area contributed by atoms with Crippen LogP contribution in [0.5, 0.6) is 0 Å². The summed E-state index contributed by atoms with van der Waals surface area (Å²) < 4.78 is 30.1. The molecule has 0 amide bonds. The van der Waals surface area contributed by atoms with E-state index < -0.39 is 27.5 Å². The summed E-state index contributed by atoms with van der Waals surface area (Å²) in [5.74, 6) is -0.808. The molecule has 0 atom stereocenters. The Morgan fingerprint density at radius 3 is 2.38 bits per heavy atom. The van der Waals surface area contributed by atoms with Crippen LogP contribution in [0.1, 0.15) is 11.1 Å². The maximum absolute atomic E-state index is 12.1. The van der Waals surface area contributed by atoms with Crippen LogP contribution in [0.25, 0.3) is 0 Å². The van der Waals surface area contributed by atoms with Crippen LogP contribution in [0.2, 0.25) is 0 Å². The molecular weight excluding hydrogens is 360 g/mol. The van der Waals surface area contributed by atoms with Gasteiger partial charge in [0.05, 0.1) is 22.4 Å². The van der Waals surface area contributed by atoms with Crippen molar-refractivity contribution in [3.05, 3.63) is 69.8 Å². The molecule has 0 spiro atoms. The number of carbonyl (C=O) groups excluding carboxylic acids is 1. The highest BCUT2D eigenvalue weighted by atomic mass is 32.2. The Balaban J connectivity index is 2.15. The molecule has 0 fully saturated rings. The SMILES string of the molecule is Cc1ccccc1N(CC(=O)OCc1ccccc1[N+](=O)[O-])S(C)(=O)=O. The summed E-state index contributed by atoms with van der Waals surface area (Å²) in [5.41, 5.74) is 1.12. The van der Waals surface area contributed by atoms with Gasteiger partial charge in [-0.15, -0.1) is 0 Å². The van der Waals surface area contributed by atoms with Gasteiger partial charge in [0.1, 0.15) is 13.2 Å². The van der Waals surface area contributed by atoms with E-state index in [4.69, 9.17) is 4.74 Å². The first-order valence-corrected chi connectivity index (χ1v) is 9.46. The number of rotatable bonds is 7. The number of benzene rings is 2. The molecular formula is C17H18N2O6S. The van der Waals surface area contributed by atoms with Gasteiger partial charge in [-0.1, -0.05) is 30.3 Å². The lowest BCUT2D eigenvalue weighted by Crippen LogP contribution is -2.36. The van der Waals surface area contributed by atoms with Gasteiger partial charge in [-0.2, -0.15) is 0 Å². The van der Waals surface area contributed by atoms with Gasteiger partial charge in [0, 0.05) is 6.07 Å². The molecule has 0 saturated heterocycles. The van der Waals surface area contributed by atoms with Crippen LogP contribution in [-0.2, 0) is 26.2 Å². The van der Waals surface area contributed by atoms with Crippen LogP contribution >= 0.6 is 0 Å². The molecule has 0 unspecified atom stereocenters. The predicted molar refractivity (Wildman–Crippen MR) is 96.3 cm³/mol. The Hall–Kier alpha value is -2.94. The molecule has 138 valence electrons. The van der Waals surface area contributed by atoms with E-state index in [1.165, 1.54) is 18.2 Å². The second-order valence-electron chi connectivity index (χ2n) is 5.60. The maximum Gasteiger partial charge on any atom is 0.327 e. The summed E-state index contributed by atoms with van der Waals surface area (Å²) >= 11 is 0. The van der Waals surface area contributed by atoms with Crippen LogP contribution in [-0.4, -0.2) is 32.1 Å². The Bertz CT molecular complexity index is 926. The number of hydrogen-bond acceptors (Lipinski definition) is 6. The molecule has 0 saturated carbocycles. The first kappa shape index (κ1) is 19.4. The highest BCUT2D eigenvalue weighted by Gasteiger charge is 2.23. The van der Waals surface area contributed by atoms with Gasteiger partial charge in [-0.25, -0.2) is 8.42 Å². The predicted octanol–water partition coefficient (Wildman–Crippen LogP) is 2.41. The topological polar surface area (TPSA) is 107 Å². The molecule has 2 aromatic rings. The lowest BCUT2D eigenvalue weighted by atomic mass is 10.2. The Kier molecular flexibility index (Phi) is 5.93. The standard InChI is InChI=1S/C17H18N2O6S/c1-13-7-3-5-9-15(13)18(26(2,23)24)11-17(20)25-12-14-8-4-6-10-16(14)19(21)22/h3-10H,11-12H2,1-2H3. The smallest absolute Gasteiger partial charge is 0.327 e. The summed E-state index contributed by atoms with van der Waals surface area (Å²) in [6.07, 6.45) is 0.995. The van der Waals surface area contributed by atoms with E-state index in [0.29, 0.717) is 11.3 Å². The second kappa shape index (κ2) is 7.96. The molecule has 2 rings (SSSR count). The number of carbonyl (C=O) groups is 1. The third-order valence-corrected chi connectivity index (χ3v) is 4.76. The number of nitro groups is 1. The molecule has 9 heteroatoms. The van der Waals surface area contributed by atoms with Crippen LogP contribution in [0, 0.1) is 17.0 Å². The van der Waals surface area contributed by atoms with E-state index in [1.807, 2.05) is 0 Å². The number of ether oxygens (including phenoxy) is 1. The number of sulfonamides is 1. The average molecular weight is 378 g/mol. The third-order valence-electron chi connectivity index (χ3n) is 3.63. The Morgan fingerprint density at radius 2 is 1.77 bits per heavy atom. The van der Waals surface area contributed by atoms with Gasteiger partial charge in [0.15, 0.2) is 0 Å². The second-order valence-corrected chi connectivity index (χ2v) is 7.51. The minimum atomic E-state index is -3.72. The molecule has 0 bridgehead atoms. The lowest BCUT2D eigenvalue weighted by molar-refractivity contribution is -0.385. The van der Waals surface area contributed by atoms with E-state index in [9.17, 15) is 23.3 Å². The summed E-state index contributed by atoms with van der Waals surface area (Å²) in [5, 5.41) is 11.0. The number of nitrogens with zero attached hydrogens (tertiary/aromatic N) is 2. The van der Waals surface area contributed by atoms with Crippen molar-refractivity contribution in [2.45, 2.75) is 13.5 Å². The number of nitro benzene ring substituents is 1. The summed E-state index contributed by atoms with van der Waals surface area (Å²) in [6, 6.07) is 12.6. The number of hydrogen-bond donors (Lipinski definition) is 0. The molecule has 26 heavy (non-hydrogen) atoms. The van der Waals surface area contributed by atoms with Gasteiger partial charge < -0.3 is 4.74 Å². The molecule has 0 aliphatic heterocycles. The van der Waals surface area contributed by atoms with Gasteiger partial charge in [0.2, 0.25) is 10.0 Å². The quantitative estimate of drug-likeness (QED) is 0.416. The maximum atomic E-state index is 12.1. The van der Waals surface area contributed by atoms with Crippen LogP contribution in [0.4, 0.5) is 11.4 Å². The highest BCUT2D eigenvalue weighted by molar-refractivity contribution is 7.92. The fraction of sp³-hybridized carbons (Fsp3) is 0.235. The van der Waals surface area contributed by atoms with Crippen molar-refractivity contribution in [3.63, 3.8) is 0 Å². The fourth-order valence-electron chi connectivity index (χ4n) is 2.36. The fourth-order valence-corrected chi connectivity index (χ4v) is 3.26. The monoisotopic (exact) mass is 378 g/mol. The molecule has 2 aromatic carbocycles. The zero-order valence-electron chi connectivity index (χ0n) is 14.3. The Labute approximate surface area is 151 Å².